The molecule has 0 aliphatic rings. The van der Waals surface area contributed by atoms with Gasteiger partial charge >= 0.3 is 5.97 Å². The Bertz CT molecular complexity index is 807. The molecule has 1 aromatic heterocycles. The van der Waals surface area contributed by atoms with Crippen LogP contribution in [0, 0.1) is 0 Å². The number of nitrogens with zero attached hydrogens (tertiary/aromatic N) is 1. The highest BCUT2D eigenvalue weighted by molar-refractivity contribution is 6.02. The molecule has 0 atom stereocenters. The molecule has 0 amide bonds. The van der Waals surface area contributed by atoms with Crippen LogP contribution in [0.4, 0.5) is 5.82 Å². The molecule has 0 saturated heterocycles. The van der Waals surface area contributed by atoms with Crippen LogP contribution in [0.25, 0.3) is 21.9 Å². The van der Waals surface area contributed by atoms with E-state index in [1.165, 1.54) is 0 Å². The Balaban J connectivity index is 2.34. The lowest BCUT2D eigenvalue weighted by atomic mass is 9.97. The molecule has 0 unspecified atom stereocenters. The number of hydrogen-bond donors (Lipinski definition) is 2. The summed E-state index contributed by atoms with van der Waals surface area (Å²) in [6.45, 7) is 0. The maximum absolute atomic E-state index is 11.4. The fourth-order valence-corrected chi connectivity index (χ4v) is 2.31. The second kappa shape index (κ2) is 4.66. The molecule has 3 N–H and O–H groups in total. The highest BCUT2D eigenvalue weighted by atomic mass is 16.4. The van der Waals surface area contributed by atoms with E-state index in [9.17, 15) is 9.90 Å². The van der Waals surface area contributed by atoms with Crippen LogP contribution < -0.4 is 5.73 Å². The van der Waals surface area contributed by atoms with E-state index in [0.29, 0.717) is 5.56 Å². The second-order valence-electron chi connectivity index (χ2n) is 4.46. The predicted octanol–water partition coefficient (Wildman–Crippen LogP) is 3.18. The number of carbonyl (C=O) groups is 1. The number of benzene rings is 2. The Hall–Kier alpha value is -2.88. The predicted molar refractivity (Wildman–Crippen MR) is 78.6 cm³/mol. The van der Waals surface area contributed by atoms with E-state index in [2.05, 4.69) is 4.98 Å². The number of carboxylic acid groups (broad SMARTS) is 1. The molecule has 1 heterocycles. The molecule has 4 nitrogen and oxygen atoms in total. The number of fused-ring (bicyclic) bond motifs is 1. The molecule has 0 radical (unpaired) electrons. The third-order valence-electron chi connectivity index (χ3n) is 3.20. The largest absolute Gasteiger partial charge is 0.476 e. The van der Waals surface area contributed by atoms with Gasteiger partial charge in [-0.3, -0.25) is 0 Å². The zero-order chi connectivity index (χ0) is 14.1. The Morgan fingerprint density at radius 3 is 2.50 bits per heavy atom. The lowest BCUT2D eigenvalue weighted by Crippen LogP contribution is -2.05. The van der Waals surface area contributed by atoms with Crippen molar-refractivity contribution in [1.82, 2.24) is 4.98 Å². The van der Waals surface area contributed by atoms with Crippen LogP contribution in [0.1, 0.15) is 10.5 Å². The number of carboxylic acids is 1. The molecular formula is C16H12N2O2. The first-order valence-electron chi connectivity index (χ1n) is 6.15. The SMILES string of the molecule is Nc1ccc(-c2cccc3ccccc23)c(C(=O)O)n1. The molecule has 3 rings (SSSR count). The standard InChI is InChI=1S/C16H12N2O2/c17-14-9-8-13(15(18-14)16(19)20)12-7-3-5-10-4-1-2-6-11(10)12/h1-9H,(H2,17,18)(H,19,20). The van der Waals surface area contributed by atoms with Crippen LogP contribution in [-0.2, 0) is 0 Å². The van der Waals surface area contributed by atoms with Gasteiger partial charge in [-0.1, -0.05) is 42.5 Å². The summed E-state index contributed by atoms with van der Waals surface area (Å²) in [5, 5.41) is 11.3. The van der Waals surface area contributed by atoms with Crippen LogP contribution in [-0.4, -0.2) is 16.1 Å². The van der Waals surface area contributed by atoms with E-state index in [-0.39, 0.29) is 11.5 Å². The van der Waals surface area contributed by atoms with Crippen LogP contribution in [0.3, 0.4) is 0 Å². The van der Waals surface area contributed by atoms with Gasteiger partial charge in [-0.2, -0.15) is 0 Å². The number of aromatic nitrogens is 1. The minimum Gasteiger partial charge on any atom is -0.476 e. The molecule has 98 valence electrons. The summed E-state index contributed by atoms with van der Waals surface area (Å²) < 4.78 is 0. The number of rotatable bonds is 2. The first-order valence-corrected chi connectivity index (χ1v) is 6.15. The molecule has 3 aromatic rings. The molecule has 0 fully saturated rings. The zero-order valence-corrected chi connectivity index (χ0v) is 10.6. The lowest BCUT2D eigenvalue weighted by molar-refractivity contribution is 0.0691. The van der Waals surface area contributed by atoms with Crippen molar-refractivity contribution >= 4 is 22.6 Å². The third-order valence-corrected chi connectivity index (χ3v) is 3.20. The summed E-state index contributed by atoms with van der Waals surface area (Å²) in [6, 6.07) is 16.9. The van der Waals surface area contributed by atoms with Gasteiger partial charge < -0.3 is 10.8 Å². The summed E-state index contributed by atoms with van der Waals surface area (Å²) in [6.07, 6.45) is 0. The minimum absolute atomic E-state index is 0.0265. The number of anilines is 1. The number of nitrogens with two attached hydrogens (primary N) is 1. The third kappa shape index (κ3) is 1.97. The molecule has 0 spiro atoms. The molecule has 0 aliphatic heterocycles. The van der Waals surface area contributed by atoms with Gasteiger partial charge in [0.1, 0.15) is 5.82 Å². The molecule has 20 heavy (non-hydrogen) atoms. The van der Waals surface area contributed by atoms with Gasteiger partial charge in [-0.25, -0.2) is 9.78 Å². The van der Waals surface area contributed by atoms with E-state index < -0.39 is 5.97 Å². The van der Waals surface area contributed by atoms with E-state index in [1.807, 2.05) is 42.5 Å². The molecule has 0 bridgehead atoms. The van der Waals surface area contributed by atoms with Crippen molar-refractivity contribution in [3.05, 3.63) is 60.3 Å². The van der Waals surface area contributed by atoms with E-state index in [4.69, 9.17) is 5.73 Å². The Morgan fingerprint density at radius 1 is 0.950 bits per heavy atom. The molecule has 4 heteroatoms. The fourth-order valence-electron chi connectivity index (χ4n) is 2.31. The summed E-state index contributed by atoms with van der Waals surface area (Å²) in [4.78, 5) is 15.3. The average molecular weight is 264 g/mol. The monoisotopic (exact) mass is 264 g/mol. The first-order chi connectivity index (χ1) is 9.66. The fraction of sp³-hybridized carbons (Fsp3) is 0. The minimum atomic E-state index is -1.08. The normalized spacial score (nSPS) is 10.6. The van der Waals surface area contributed by atoms with Gasteiger partial charge in [0.25, 0.3) is 0 Å². The van der Waals surface area contributed by atoms with Crippen LogP contribution in [0.5, 0.6) is 0 Å². The smallest absolute Gasteiger partial charge is 0.355 e. The zero-order valence-electron chi connectivity index (χ0n) is 10.6. The number of aromatic carboxylic acids is 1. The van der Waals surface area contributed by atoms with Crippen LogP contribution in [0.15, 0.2) is 54.6 Å². The number of nitrogen functional groups attached to an aromatic ring is 1. The van der Waals surface area contributed by atoms with Crippen LogP contribution in [0.2, 0.25) is 0 Å². The van der Waals surface area contributed by atoms with Crippen molar-refractivity contribution in [3.8, 4) is 11.1 Å². The summed E-state index contributed by atoms with van der Waals surface area (Å²) in [5.41, 5.74) is 6.97. The van der Waals surface area contributed by atoms with E-state index >= 15 is 0 Å². The van der Waals surface area contributed by atoms with Crippen molar-refractivity contribution in [2.24, 2.45) is 0 Å². The van der Waals surface area contributed by atoms with Gasteiger partial charge in [-0.05, 0) is 28.5 Å². The van der Waals surface area contributed by atoms with E-state index in [0.717, 1.165) is 16.3 Å². The summed E-state index contributed by atoms with van der Waals surface area (Å²) in [7, 11) is 0. The van der Waals surface area contributed by atoms with Crippen molar-refractivity contribution in [2.75, 3.05) is 5.73 Å². The first kappa shape index (κ1) is 12.2. The van der Waals surface area contributed by atoms with Gasteiger partial charge in [0.05, 0.1) is 0 Å². The second-order valence-corrected chi connectivity index (χ2v) is 4.46. The topological polar surface area (TPSA) is 76.2 Å². The number of pyridine rings is 1. The Kier molecular flexibility index (Phi) is 2.84. The maximum atomic E-state index is 11.4. The van der Waals surface area contributed by atoms with Crippen molar-refractivity contribution < 1.29 is 9.90 Å². The molecule has 2 aromatic carbocycles. The highest BCUT2D eigenvalue weighted by Gasteiger charge is 2.15. The van der Waals surface area contributed by atoms with Crippen molar-refractivity contribution in [2.45, 2.75) is 0 Å². The van der Waals surface area contributed by atoms with Gasteiger partial charge in [0.2, 0.25) is 0 Å². The van der Waals surface area contributed by atoms with Crippen molar-refractivity contribution in [3.63, 3.8) is 0 Å². The highest BCUT2D eigenvalue weighted by Crippen LogP contribution is 2.30. The van der Waals surface area contributed by atoms with Gasteiger partial charge in [0, 0.05) is 5.56 Å². The lowest BCUT2D eigenvalue weighted by Gasteiger charge is -2.09. The molecular weight excluding hydrogens is 252 g/mol. The summed E-state index contributed by atoms with van der Waals surface area (Å²) >= 11 is 0. The maximum Gasteiger partial charge on any atom is 0.355 e. The molecule has 0 saturated carbocycles. The average Bonchev–Trinajstić information content (AvgIpc) is 2.46. The van der Waals surface area contributed by atoms with Crippen LogP contribution >= 0.6 is 0 Å². The Labute approximate surface area is 115 Å². The summed E-state index contributed by atoms with van der Waals surface area (Å²) in [5.74, 6) is -0.883. The van der Waals surface area contributed by atoms with Gasteiger partial charge in [0.15, 0.2) is 5.69 Å². The van der Waals surface area contributed by atoms with Crippen molar-refractivity contribution in [1.29, 1.82) is 0 Å². The quantitative estimate of drug-likeness (QED) is 0.745. The van der Waals surface area contributed by atoms with Gasteiger partial charge in [-0.15, -0.1) is 0 Å². The Morgan fingerprint density at radius 2 is 1.70 bits per heavy atom. The number of hydrogen-bond acceptors (Lipinski definition) is 3. The van der Waals surface area contributed by atoms with E-state index in [1.54, 1.807) is 12.1 Å². The molecule has 0 aliphatic carbocycles.